The van der Waals surface area contributed by atoms with Crippen LogP contribution in [-0.4, -0.2) is 56.0 Å². The zero-order valence-electron chi connectivity index (χ0n) is 13.6. The molecule has 0 unspecified atom stereocenters. The summed E-state index contributed by atoms with van der Waals surface area (Å²) in [7, 11) is -2.12. The lowest BCUT2D eigenvalue weighted by Crippen LogP contribution is -2.70. The molecule has 0 aromatic rings. The van der Waals surface area contributed by atoms with Crippen molar-refractivity contribution in [3.8, 4) is 0 Å². The van der Waals surface area contributed by atoms with Gasteiger partial charge in [0.25, 0.3) is 0 Å². The lowest BCUT2D eigenvalue weighted by molar-refractivity contribution is -0.146. The van der Waals surface area contributed by atoms with Gasteiger partial charge in [0.15, 0.2) is 0 Å². The van der Waals surface area contributed by atoms with Crippen molar-refractivity contribution in [3.05, 3.63) is 0 Å². The van der Waals surface area contributed by atoms with Crippen LogP contribution in [0.3, 0.4) is 0 Å². The molecule has 0 radical (unpaired) electrons. The first-order valence-electron chi connectivity index (χ1n) is 7.14. The van der Waals surface area contributed by atoms with Gasteiger partial charge < -0.3 is 21.1 Å². The van der Waals surface area contributed by atoms with Crippen LogP contribution in [0.1, 0.15) is 13.3 Å². The summed E-state index contributed by atoms with van der Waals surface area (Å²) in [6.07, 6.45) is 0.128. The second kappa shape index (κ2) is 9.26. The van der Waals surface area contributed by atoms with Crippen molar-refractivity contribution in [2.45, 2.75) is 38.1 Å². The number of hydrogen-bond donors (Lipinski definition) is 3. The van der Waals surface area contributed by atoms with Gasteiger partial charge in [-0.1, -0.05) is 35.6 Å². The summed E-state index contributed by atoms with van der Waals surface area (Å²) in [4.78, 5) is 35.0. The molecule has 0 aliphatic heterocycles. The molecular weight excluding hydrogens is 370 g/mol. The van der Waals surface area contributed by atoms with Crippen LogP contribution >= 0.6 is 15.9 Å². The molecule has 0 bridgehead atoms. The summed E-state index contributed by atoms with van der Waals surface area (Å²) < 4.78 is 5.05. The van der Waals surface area contributed by atoms with Crippen molar-refractivity contribution >= 4 is 41.8 Å². The van der Waals surface area contributed by atoms with E-state index in [1.165, 1.54) is 0 Å². The molecule has 0 aliphatic carbocycles. The van der Waals surface area contributed by atoms with Crippen LogP contribution in [0.25, 0.3) is 0 Å². The lowest BCUT2D eigenvalue weighted by Gasteiger charge is -2.37. The number of carbonyl (C=O) groups excluding carboxylic acids is 3. The first-order valence-corrected chi connectivity index (χ1v) is 11.8. The first-order chi connectivity index (χ1) is 10.1. The fourth-order valence-corrected chi connectivity index (χ4v) is 3.09. The lowest BCUT2D eigenvalue weighted by atomic mass is 10.3. The van der Waals surface area contributed by atoms with E-state index in [1.807, 2.05) is 19.6 Å². The Labute approximate surface area is 140 Å². The Hall–Kier alpha value is -0.933. The molecule has 128 valence electrons. The third-order valence-corrected chi connectivity index (χ3v) is 6.90. The molecule has 7 nitrogen and oxygen atoms in total. The largest absolute Gasteiger partial charge is 0.465 e. The number of hydrogen-bond acceptors (Lipinski definition) is 5. The number of nitrogens with one attached hydrogen (secondary N) is 2. The van der Waals surface area contributed by atoms with Crippen LogP contribution in [0.4, 0.5) is 0 Å². The number of halogens is 1. The molecule has 1 atom stereocenters. The van der Waals surface area contributed by atoms with Gasteiger partial charge in [0.1, 0.15) is 5.16 Å². The van der Waals surface area contributed by atoms with Crippen LogP contribution in [0, 0.1) is 0 Å². The van der Waals surface area contributed by atoms with Crippen LogP contribution < -0.4 is 16.4 Å². The number of esters is 1. The quantitative estimate of drug-likeness (QED) is 0.292. The van der Waals surface area contributed by atoms with Gasteiger partial charge in [-0.3, -0.25) is 14.4 Å². The Morgan fingerprint density at radius 3 is 2.23 bits per heavy atom. The smallest absolute Gasteiger partial charge is 0.324 e. The minimum Gasteiger partial charge on any atom is -0.465 e. The molecule has 0 spiro atoms. The number of carbonyl (C=O) groups is 3. The Bertz CT molecular complexity index is 415. The highest BCUT2D eigenvalue weighted by Crippen LogP contribution is 2.19. The minimum atomic E-state index is -2.12. The highest BCUT2D eigenvalue weighted by atomic mass is 79.9. The van der Waals surface area contributed by atoms with E-state index in [-0.39, 0.29) is 43.3 Å². The molecule has 0 heterocycles. The Morgan fingerprint density at radius 2 is 1.77 bits per heavy atom. The normalized spacial score (nSPS) is 13.9. The van der Waals surface area contributed by atoms with Crippen molar-refractivity contribution in [2.24, 2.45) is 5.73 Å². The van der Waals surface area contributed by atoms with Gasteiger partial charge in [-0.25, -0.2) is 0 Å². The summed E-state index contributed by atoms with van der Waals surface area (Å²) in [5, 5.41) is 4.25. The topological polar surface area (TPSA) is 111 Å². The summed E-state index contributed by atoms with van der Waals surface area (Å²) >= 11 is 3.02. The van der Waals surface area contributed by atoms with E-state index in [4.69, 9.17) is 10.5 Å². The Morgan fingerprint density at radius 1 is 1.18 bits per heavy atom. The second-order valence-corrected chi connectivity index (χ2v) is 11.9. The number of nitrogens with two attached hydrogens (primary N) is 1. The molecule has 0 aliphatic rings. The first kappa shape index (κ1) is 21.1. The molecule has 4 N–H and O–H groups in total. The maximum absolute atomic E-state index is 12.1. The molecule has 0 saturated heterocycles. The van der Waals surface area contributed by atoms with Gasteiger partial charge in [0, 0.05) is 19.5 Å². The number of ether oxygens (including phenoxy) is 1. The maximum atomic E-state index is 12.1. The van der Waals surface area contributed by atoms with Crippen molar-refractivity contribution in [1.29, 1.82) is 0 Å². The fourth-order valence-electron chi connectivity index (χ4n) is 1.59. The molecule has 0 rings (SSSR count). The second-order valence-electron chi connectivity index (χ2n) is 5.95. The van der Waals surface area contributed by atoms with E-state index < -0.39 is 19.2 Å². The molecule has 0 aromatic carbocycles. The summed E-state index contributed by atoms with van der Waals surface area (Å²) in [6, 6.07) is 0. The van der Waals surface area contributed by atoms with Crippen LogP contribution in [0.5, 0.6) is 0 Å². The van der Waals surface area contributed by atoms with Gasteiger partial charge in [0.05, 0.1) is 20.0 Å². The third-order valence-electron chi connectivity index (χ3n) is 3.34. The molecule has 0 aromatic heterocycles. The third kappa shape index (κ3) is 6.45. The van der Waals surface area contributed by atoms with Gasteiger partial charge in [-0.05, 0) is 6.92 Å². The predicted octanol–water partition coefficient (Wildman–Crippen LogP) is 0.142. The van der Waals surface area contributed by atoms with Gasteiger partial charge in [-0.15, -0.1) is 0 Å². The average Bonchev–Trinajstić information content (AvgIpc) is 2.43. The van der Waals surface area contributed by atoms with Gasteiger partial charge in [0.2, 0.25) is 11.8 Å². The standard InChI is InChI=1S/C13H26BrN3O4Si/c1-5-21-12(20)13(15,22(2,3)4)9-17-10(18)6-7-16-11(19)8-14/h5-9,15H2,1-4H3,(H,16,19)(H,17,18)/t13-/m0/s1. The molecule has 22 heavy (non-hydrogen) atoms. The molecule has 0 fully saturated rings. The van der Waals surface area contributed by atoms with Crippen molar-refractivity contribution in [3.63, 3.8) is 0 Å². The molecule has 9 heteroatoms. The summed E-state index contributed by atoms with van der Waals surface area (Å²) in [5.41, 5.74) is 6.25. The molecule has 0 saturated carbocycles. The highest BCUT2D eigenvalue weighted by Gasteiger charge is 2.47. The number of rotatable bonds is 9. The van der Waals surface area contributed by atoms with E-state index >= 15 is 0 Å². The minimum absolute atomic E-state index is 0.0345. The number of amides is 2. The van der Waals surface area contributed by atoms with E-state index in [9.17, 15) is 14.4 Å². The molecule has 2 amide bonds. The highest BCUT2D eigenvalue weighted by molar-refractivity contribution is 9.09. The average molecular weight is 396 g/mol. The fraction of sp³-hybridized carbons (Fsp3) is 0.769. The van der Waals surface area contributed by atoms with Crippen molar-refractivity contribution in [1.82, 2.24) is 10.6 Å². The van der Waals surface area contributed by atoms with Crippen molar-refractivity contribution < 1.29 is 19.1 Å². The Balaban J connectivity index is 4.55. The number of alkyl halides is 1. The Kier molecular flexibility index (Phi) is 8.87. The van der Waals surface area contributed by atoms with Crippen LogP contribution in [0.15, 0.2) is 0 Å². The van der Waals surface area contributed by atoms with Crippen LogP contribution in [-0.2, 0) is 19.1 Å². The SMILES string of the molecule is CCOC(=O)[C@](N)(CNC(=O)CCNC(=O)CBr)[Si](C)(C)C. The predicted molar refractivity (Wildman–Crippen MR) is 91.3 cm³/mol. The molecular formula is C13H26BrN3O4Si. The van der Waals surface area contributed by atoms with Crippen molar-refractivity contribution in [2.75, 3.05) is 25.0 Å². The van der Waals surface area contributed by atoms with E-state index in [2.05, 4.69) is 26.6 Å². The monoisotopic (exact) mass is 395 g/mol. The summed E-state index contributed by atoms with van der Waals surface area (Å²) in [5.74, 6) is -0.941. The van der Waals surface area contributed by atoms with E-state index in [1.54, 1.807) is 6.92 Å². The van der Waals surface area contributed by atoms with E-state index in [0.717, 1.165) is 0 Å². The van der Waals surface area contributed by atoms with E-state index in [0.29, 0.717) is 0 Å². The van der Waals surface area contributed by atoms with Gasteiger partial charge >= 0.3 is 5.97 Å². The zero-order valence-corrected chi connectivity index (χ0v) is 16.2. The zero-order chi connectivity index (χ0) is 17.4. The summed E-state index contributed by atoms with van der Waals surface area (Å²) in [6.45, 7) is 8.08. The maximum Gasteiger partial charge on any atom is 0.324 e. The van der Waals surface area contributed by atoms with Crippen LogP contribution in [0.2, 0.25) is 19.6 Å². The van der Waals surface area contributed by atoms with Gasteiger partial charge in [-0.2, -0.15) is 0 Å².